The molecule has 1 aliphatic rings. The Morgan fingerprint density at radius 3 is 2.56 bits per heavy atom. The summed E-state index contributed by atoms with van der Waals surface area (Å²) in [5.41, 5.74) is 0.436. The zero-order chi connectivity index (χ0) is 17.8. The average molecular weight is 349 g/mol. The Labute approximate surface area is 144 Å². The number of carbonyl (C=O) groups excluding carboxylic acids is 1. The lowest BCUT2D eigenvalue weighted by molar-refractivity contribution is -0.00698. The van der Waals surface area contributed by atoms with E-state index in [2.05, 4.69) is 0 Å². The van der Waals surface area contributed by atoms with Crippen molar-refractivity contribution < 1.29 is 22.7 Å². The molecule has 1 saturated heterocycles. The summed E-state index contributed by atoms with van der Waals surface area (Å²) in [6.07, 6.45) is 1.21. The van der Waals surface area contributed by atoms with Crippen LogP contribution in [-0.2, 0) is 11.3 Å². The number of amides is 1. The summed E-state index contributed by atoms with van der Waals surface area (Å²) < 4.78 is 45.9. The molecule has 1 atom stereocenters. The molecule has 6 heteroatoms. The van der Waals surface area contributed by atoms with Gasteiger partial charge in [0.1, 0.15) is 17.5 Å². The fourth-order valence-corrected chi connectivity index (χ4v) is 2.97. The minimum absolute atomic E-state index is 0.0374. The topological polar surface area (TPSA) is 29.5 Å². The van der Waals surface area contributed by atoms with E-state index in [1.807, 2.05) is 0 Å². The molecule has 3 rings (SSSR count). The highest BCUT2D eigenvalue weighted by Crippen LogP contribution is 2.19. The number of likely N-dealkylation sites (tertiary alicyclic amines) is 1. The maximum atomic E-state index is 13.8. The van der Waals surface area contributed by atoms with Crippen LogP contribution in [0.15, 0.2) is 42.5 Å². The van der Waals surface area contributed by atoms with Crippen molar-refractivity contribution in [3.63, 3.8) is 0 Å². The Kier molecular flexibility index (Phi) is 5.38. The molecule has 3 nitrogen and oxygen atoms in total. The van der Waals surface area contributed by atoms with E-state index < -0.39 is 17.5 Å². The van der Waals surface area contributed by atoms with E-state index >= 15 is 0 Å². The largest absolute Gasteiger partial charge is 0.372 e. The molecule has 0 radical (unpaired) electrons. The zero-order valence-corrected chi connectivity index (χ0v) is 13.6. The van der Waals surface area contributed by atoms with Crippen molar-refractivity contribution in [1.82, 2.24) is 4.90 Å². The Morgan fingerprint density at radius 1 is 1.12 bits per heavy atom. The van der Waals surface area contributed by atoms with Gasteiger partial charge in [0.05, 0.1) is 18.3 Å². The minimum atomic E-state index is -0.654. The summed E-state index contributed by atoms with van der Waals surface area (Å²) in [6.45, 7) is 0.910. The van der Waals surface area contributed by atoms with Crippen LogP contribution in [-0.4, -0.2) is 30.0 Å². The molecular weight excluding hydrogens is 331 g/mol. The molecule has 0 spiro atoms. The summed E-state index contributed by atoms with van der Waals surface area (Å²) in [4.78, 5) is 14.0. The average Bonchev–Trinajstić information content (AvgIpc) is 2.59. The molecule has 2 aromatic carbocycles. The SMILES string of the molecule is O=C(c1ccccc1F)N1CCC[C@@H](OCc2cc(F)cc(F)c2)C1. The summed E-state index contributed by atoms with van der Waals surface area (Å²) in [7, 11) is 0. The Morgan fingerprint density at radius 2 is 1.84 bits per heavy atom. The van der Waals surface area contributed by atoms with Gasteiger partial charge in [-0.15, -0.1) is 0 Å². The van der Waals surface area contributed by atoms with E-state index in [4.69, 9.17) is 4.74 Å². The third-order valence-electron chi connectivity index (χ3n) is 4.18. The van der Waals surface area contributed by atoms with Crippen molar-refractivity contribution in [1.29, 1.82) is 0 Å². The van der Waals surface area contributed by atoms with Crippen molar-refractivity contribution in [3.05, 3.63) is 71.0 Å². The summed E-state index contributed by atoms with van der Waals surface area (Å²) in [5, 5.41) is 0. The van der Waals surface area contributed by atoms with E-state index in [1.165, 1.54) is 30.3 Å². The molecule has 1 amide bonds. The van der Waals surface area contributed by atoms with Crippen LogP contribution in [0.3, 0.4) is 0 Å². The first-order valence-corrected chi connectivity index (χ1v) is 8.13. The highest BCUT2D eigenvalue weighted by atomic mass is 19.1. The molecule has 0 saturated carbocycles. The quantitative estimate of drug-likeness (QED) is 0.837. The van der Waals surface area contributed by atoms with Gasteiger partial charge in [-0.1, -0.05) is 12.1 Å². The second kappa shape index (κ2) is 7.70. The molecule has 0 aromatic heterocycles. The predicted octanol–water partition coefficient (Wildman–Crippen LogP) is 3.93. The zero-order valence-electron chi connectivity index (χ0n) is 13.6. The van der Waals surface area contributed by atoms with Gasteiger partial charge in [-0.05, 0) is 42.7 Å². The molecule has 0 N–H and O–H groups in total. The van der Waals surface area contributed by atoms with Crippen LogP contribution in [0.5, 0.6) is 0 Å². The molecule has 1 fully saturated rings. The molecule has 132 valence electrons. The van der Waals surface area contributed by atoms with Gasteiger partial charge in [-0.25, -0.2) is 13.2 Å². The Balaban J connectivity index is 1.61. The molecule has 0 unspecified atom stereocenters. The first-order chi connectivity index (χ1) is 12.0. The monoisotopic (exact) mass is 349 g/mol. The molecular formula is C19H18F3NO2. The number of rotatable bonds is 4. The summed E-state index contributed by atoms with van der Waals surface area (Å²) >= 11 is 0. The van der Waals surface area contributed by atoms with Gasteiger partial charge in [0, 0.05) is 19.2 Å². The minimum Gasteiger partial charge on any atom is -0.372 e. The highest BCUT2D eigenvalue weighted by Gasteiger charge is 2.26. The first kappa shape index (κ1) is 17.5. The van der Waals surface area contributed by atoms with Crippen LogP contribution in [0.4, 0.5) is 13.2 Å². The third kappa shape index (κ3) is 4.39. The highest BCUT2D eigenvalue weighted by molar-refractivity contribution is 5.94. The van der Waals surface area contributed by atoms with E-state index in [1.54, 1.807) is 11.0 Å². The lowest BCUT2D eigenvalue weighted by Crippen LogP contribution is -2.43. The lowest BCUT2D eigenvalue weighted by Gasteiger charge is -2.32. The number of ether oxygens (including phenoxy) is 1. The molecule has 0 aliphatic carbocycles. The summed E-state index contributed by atoms with van der Waals surface area (Å²) in [5.74, 6) is -2.23. The van der Waals surface area contributed by atoms with Crippen molar-refractivity contribution in [2.75, 3.05) is 13.1 Å². The van der Waals surface area contributed by atoms with Gasteiger partial charge in [0.2, 0.25) is 0 Å². The second-order valence-corrected chi connectivity index (χ2v) is 6.08. The van der Waals surface area contributed by atoms with Gasteiger partial charge >= 0.3 is 0 Å². The fraction of sp³-hybridized carbons (Fsp3) is 0.316. The number of benzene rings is 2. The third-order valence-corrected chi connectivity index (χ3v) is 4.18. The van der Waals surface area contributed by atoms with Gasteiger partial charge < -0.3 is 9.64 Å². The van der Waals surface area contributed by atoms with Crippen LogP contribution in [0.25, 0.3) is 0 Å². The standard InChI is InChI=1S/C19H18F3NO2/c20-14-8-13(9-15(21)10-14)12-25-16-4-3-7-23(11-16)19(24)17-5-1-2-6-18(17)22/h1-2,5-6,8-10,16H,3-4,7,11-12H2/t16-/m1/s1. The van der Waals surface area contributed by atoms with Crippen molar-refractivity contribution in [2.45, 2.75) is 25.6 Å². The number of hydrogen-bond acceptors (Lipinski definition) is 2. The molecule has 1 heterocycles. The molecule has 1 aliphatic heterocycles. The smallest absolute Gasteiger partial charge is 0.256 e. The van der Waals surface area contributed by atoms with Crippen LogP contribution < -0.4 is 0 Å². The van der Waals surface area contributed by atoms with Crippen molar-refractivity contribution >= 4 is 5.91 Å². The number of carbonyl (C=O) groups is 1. The maximum absolute atomic E-state index is 13.8. The maximum Gasteiger partial charge on any atom is 0.256 e. The van der Waals surface area contributed by atoms with E-state index in [9.17, 15) is 18.0 Å². The first-order valence-electron chi connectivity index (χ1n) is 8.13. The van der Waals surface area contributed by atoms with Crippen molar-refractivity contribution in [3.8, 4) is 0 Å². The molecule has 0 bridgehead atoms. The molecule has 25 heavy (non-hydrogen) atoms. The van der Waals surface area contributed by atoms with E-state index in [0.29, 0.717) is 18.7 Å². The number of piperidine rings is 1. The van der Waals surface area contributed by atoms with Gasteiger partial charge in [-0.2, -0.15) is 0 Å². The van der Waals surface area contributed by atoms with E-state index in [-0.39, 0.29) is 24.2 Å². The van der Waals surface area contributed by atoms with Crippen LogP contribution in [0.2, 0.25) is 0 Å². The van der Waals surface area contributed by atoms with Crippen LogP contribution in [0, 0.1) is 17.5 Å². The summed E-state index contributed by atoms with van der Waals surface area (Å²) in [6, 6.07) is 9.10. The number of halogens is 3. The number of nitrogens with zero attached hydrogens (tertiary/aromatic N) is 1. The van der Waals surface area contributed by atoms with Gasteiger partial charge in [0.15, 0.2) is 0 Å². The lowest BCUT2D eigenvalue weighted by atomic mass is 10.1. The van der Waals surface area contributed by atoms with E-state index in [0.717, 1.165) is 18.9 Å². The molecule has 2 aromatic rings. The predicted molar refractivity (Wildman–Crippen MR) is 86.5 cm³/mol. The normalized spacial score (nSPS) is 17.6. The second-order valence-electron chi connectivity index (χ2n) is 6.08. The van der Waals surface area contributed by atoms with Crippen LogP contribution in [0.1, 0.15) is 28.8 Å². The number of hydrogen-bond donors (Lipinski definition) is 0. The van der Waals surface area contributed by atoms with Crippen molar-refractivity contribution in [2.24, 2.45) is 0 Å². The van der Waals surface area contributed by atoms with Crippen LogP contribution >= 0.6 is 0 Å². The Bertz CT molecular complexity index is 746. The van der Waals surface area contributed by atoms with Gasteiger partial charge in [-0.3, -0.25) is 4.79 Å². The van der Waals surface area contributed by atoms with Gasteiger partial charge in [0.25, 0.3) is 5.91 Å². The fourth-order valence-electron chi connectivity index (χ4n) is 2.97. The Hall–Kier alpha value is -2.34.